The smallest absolute Gasteiger partial charge is 0.494 e. The third-order valence-corrected chi connectivity index (χ3v) is 8.06. The molecule has 190 valence electrons. The Balaban J connectivity index is 2.10. The lowest BCUT2D eigenvalue weighted by Gasteiger charge is -2.32. The second-order valence-electron chi connectivity index (χ2n) is 12.4. The monoisotopic (exact) mass is 496 g/mol. The lowest BCUT2D eigenvalue weighted by molar-refractivity contribution is 0.00578. The zero-order chi connectivity index (χ0) is 25.9. The van der Waals surface area contributed by atoms with Gasteiger partial charge < -0.3 is 18.4 Å². The van der Waals surface area contributed by atoms with Gasteiger partial charge in [-0.2, -0.15) is 0 Å². The number of nitrogens with zero attached hydrogens (tertiary/aromatic N) is 1. The number of alkyl halides is 2. The first-order valence-corrected chi connectivity index (χ1v) is 12.9. The summed E-state index contributed by atoms with van der Waals surface area (Å²) >= 11 is -1.64. The van der Waals surface area contributed by atoms with Gasteiger partial charge in [-0.3, -0.25) is 0 Å². The third-order valence-electron chi connectivity index (χ3n) is 6.48. The Morgan fingerprint density at radius 3 is 2.09 bits per heavy atom. The molecule has 1 aliphatic heterocycles. The van der Waals surface area contributed by atoms with Crippen molar-refractivity contribution in [3.63, 3.8) is 0 Å². The van der Waals surface area contributed by atoms with E-state index >= 15 is 0 Å². The number of halogens is 2. The molecule has 9 heteroatoms. The highest BCUT2D eigenvalue weighted by atomic mass is 32.2. The fourth-order valence-corrected chi connectivity index (χ4v) is 4.71. The normalized spacial score (nSPS) is 20.4. The first-order chi connectivity index (χ1) is 15.3. The van der Waals surface area contributed by atoms with Crippen LogP contribution >= 0.6 is 0 Å². The molecule has 34 heavy (non-hydrogen) atoms. The van der Waals surface area contributed by atoms with Crippen molar-refractivity contribution >= 4 is 34.8 Å². The molecule has 3 rings (SSSR count). The first-order valence-electron chi connectivity index (χ1n) is 11.8. The molecule has 1 aliphatic rings. The standard InChI is InChI=1S/C25H39BF2N2O3S/c1-22(2,3)15-30-14-18(20(21(27)28)29-34(31)23(4,5)6)17-12-11-16(13-19(17)30)26-32-24(7,8)25(9,10)33-26/h11-14,20-21,29H,15H2,1-10H3. The van der Waals surface area contributed by atoms with Crippen LogP contribution < -0.4 is 10.2 Å². The maximum absolute atomic E-state index is 14.3. The van der Waals surface area contributed by atoms with E-state index in [-0.39, 0.29) is 5.41 Å². The summed E-state index contributed by atoms with van der Waals surface area (Å²) < 4.78 is 57.7. The van der Waals surface area contributed by atoms with Crippen molar-refractivity contribution < 1.29 is 22.6 Å². The van der Waals surface area contributed by atoms with Gasteiger partial charge >= 0.3 is 7.12 Å². The summed E-state index contributed by atoms with van der Waals surface area (Å²) in [7, 11) is -0.548. The highest BCUT2D eigenvalue weighted by Crippen LogP contribution is 2.38. The van der Waals surface area contributed by atoms with Crippen LogP contribution in [-0.2, 0) is 27.2 Å². The van der Waals surface area contributed by atoms with Crippen LogP contribution in [0.15, 0.2) is 24.4 Å². The molecule has 0 radical (unpaired) electrons. The van der Waals surface area contributed by atoms with E-state index in [2.05, 4.69) is 25.5 Å². The van der Waals surface area contributed by atoms with E-state index in [0.29, 0.717) is 17.5 Å². The Kier molecular flexibility index (Phi) is 7.33. The van der Waals surface area contributed by atoms with Crippen molar-refractivity contribution in [2.75, 3.05) is 0 Å². The summed E-state index contributed by atoms with van der Waals surface area (Å²) in [5.41, 5.74) is 1.06. The summed E-state index contributed by atoms with van der Waals surface area (Å²) in [6, 6.07) is 4.34. The van der Waals surface area contributed by atoms with Gasteiger partial charge in [0.2, 0.25) is 0 Å². The molecule has 1 saturated heterocycles. The van der Waals surface area contributed by atoms with E-state index in [1.165, 1.54) is 0 Å². The summed E-state index contributed by atoms with van der Waals surface area (Å²) in [4.78, 5) is 0. The van der Waals surface area contributed by atoms with Gasteiger partial charge in [-0.25, -0.2) is 8.78 Å². The lowest BCUT2D eigenvalue weighted by Crippen LogP contribution is -2.43. The van der Waals surface area contributed by atoms with E-state index in [0.717, 1.165) is 11.0 Å². The van der Waals surface area contributed by atoms with E-state index in [9.17, 15) is 13.3 Å². The number of hydrogen-bond donors (Lipinski definition) is 1. The average Bonchev–Trinajstić information content (AvgIpc) is 3.10. The largest absolute Gasteiger partial charge is 0.598 e. The molecular weight excluding hydrogens is 457 g/mol. The van der Waals surface area contributed by atoms with Crippen molar-refractivity contribution in [2.24, 2.45) is 5.41 Å². The summed E-state index contributed by atoms with van der Waals surface area (Å²) in [5.74, 6) is 0. The Hall–Kier alpha value is -1.13. The molecule has 0 spiro atoms. The summed E-state index contributed by atoms with van der Waals surface area (Å²) in [6.45, 7) is 20.2. The molecule has 2 atom stereocenters. The minimum Gasteiger partial charge on any atom is -0.598 e. The molecule has 0 amide bonds. The van der Waals surface area contributed by atoms with Crippen LogP contribution in [0.25, 0.3) is 10.9 Å². The van der Waals surface area contributed by atoms with Crippen molar-refractivity contribution in [2.45, 2.75) is 104 Å². The van der Waals surface area contributed by atoms with Crippen LogP contribution in [0, 0.1) is 5.41 Å². The second-order valence-corrected chi connectivity index (χ2v) is 14.4. The Labute approximate surface area is 206 Å². The Morgan fingerprint density at radius 2 is 1.62 bits per heavy atom. The molecular formula is C25H39BF2N2O3S. The minimum atomic E-state index is -2.72. The van der Waals surface area contributed by atoms with Crippen molar-refractivity contribution in [3.8, 4) is 0 Å². The first kappa shape index (κ1) is 27.5. The zero-order valence-electron chi connectivity index (χ0n) is 22.1. The molecule has 0 bridgehead atoms. The number of rotatable bonds is 6. The van der Waals surface area contributed by atoms with Gasteiger partial charge in [0.05, 0.1) is 11.2 Å². The number of fused-ring (bicyclic) bond motifs is 1. The highest BCUT2D eigenvalue weighted by molar-refractivity contribution is 7.90. The second kappa shape index (κ2) is 9.07. The summed E-state index contributed by atoms with van der Waals surface area (Å²) in [6.07, 6.45) is -0.948. The lowest BCUT2D eigenvalue weighted by atomic mass is 9.78. The topological polar surface area (TPSA) is 58.5 Å². The van der Waals surface area contributed by atoms with E-state index in [1.807, 2.05) is 50.5 Å². The number of aromatic nitrogens is 1. The van der Waals surface area contributed by atoms with Gasteiger partial charge in [-0.15, -0.1) is 4.72 Å². The van der Waals surface area contributed by atoms with E-state index < -0.39 is 46.9 Å². The van der Waals surface area contributed by atoms with Gasteiger partial charge in [-0.1, -0.05) is 32.9 Å². The summed E-state index contributed by atoms with van der Waals surface area (Å²) in [5, 5.41) is 0.702. The SMILES string of the molecule is CC(C)(C)Cn1cc(C(N[S+]([O-])C(C)(C)C)C(F)F)c2ccc(B3OC(C)(C)C(C)(C)O3)cc21. The van der Waals surface area contributed by atoms with Crippen LogP contribution in [-0.4, -0.2) is 38.6 Å². The fraction of sp³-hybridized carbons (Fsp3) is 0.680. The molecule has 2 heterocycles. The van der Waals surface area contributed by atoms with Gasteiger partial charge in [0.1, 0.15) is 10.8 Å². The molecule has 5 nitrogen and oxygen atoms in total. The third kappa shape index (κ3) is 5.64. The molecule has 1 aromatic carbocycles. The molecule has 2 aromatic rings. The van der Waals surface area contributed by atoms with Gasteiger partial charge in [0, 0.05) is 40.6 Å². The van der Waals surface area contributed by atoms with E-state index in [1.54, 1.807) is 27.0 Å². The number of benzene rings is 1. The van der Waals surface area contributed by atoms with Crippen molar-refractivity contribution in [1.29, 1.82) is 0 Å². The maximum Gasteiger partial charge on any atom is 0.494 e. The van der Waals surface area contributed by atoms with E-state index in [4.69, 9.17) is 9.31 Å². The molecule has 2 unspecified atom stereocenters. The average molecular weight is 496 g/mol. The predicted octanol–water partition coefficient (Wildman–Crippen LogP) is 5.34. The molecule has 0 saturated carbocycles. The highest BCUT2D eigenvalue weighted by Gasteiger charge is 2.51. The van der Waals surface area contributed by atoms with Crippen LogP contribution in [0.2, 0.25) is 0 Å². The maximum atomic E-state index is 14.3. The molecule has 0 aliphatic carbocycles. The van der Waals surface area contributed by atoms with Crippen LogP contribution in [0.5, 0.6) is 0 Å². The van der Waals surface area contributed by atoms with Gasteiger partial charge in [0.15, 0.2) is 0 Å². The van der Waals surface area contributed by atoms with Crippen LogP contribution in [0.3, 0.4) is 0 Å². The quantitative estimate of drug-likeness (QED) is 0.433. The van der Waals surface area contributed by atoms with Crippen LogP contribution in [0.4, 0.5) is 8.78 Å². The molecule has 1 N–H and O–H groups in total. The number of nitrogens with one attached hydrogen (secondary N) is 1. The van der Waals surface area contributed by atoms with Crippen molar-refractivity contribution in [3.05, 3.63) is 30.0 Å². The minimum absolute atomic E-state index is 0.0778. The Morgan fingerprint density at radius 1 is 1.06 bits per heavy atom. The van der Waals surface area contributed by atoms with Gasteiger partial charge in [-0.05, 0) is 65.4 Å². The Bertz CT molecular complexity index is 1010. The number of hydrogen-bond acceptors (Lipinski definition) is 4. The molecule has 1 fully saturated rings. The predicted molar refractivity (Wildman–Crippen MR) is 137 cm³/mol. The fourth-order valence-electron chi connectivity index (χ4n) is 3.90. The molecule has 1 aromatic heterocycles. The van der Waals surface area contributed by atoms with Crippen molar-refractivity contribution in [1.82, 2.24) is 9.29 Å². The van der Waals surface area contributed by atoms with Crippen LogP contribution in [0.1, 0.15) is 80.8 Å². The van der Waals surface area contributed by atoms with Gasteiger partial charge in [0.25, 0.3) is 6.43 Å². The zero-order valence-corrected chi connectivity index (χ0v) is 22.9.